The topological polar surface area (TPSA) is 80.3 Å². The maximum absolute atomic E-state index is 8.25. The molecule has 4 nitrogen and oxygen atoms in total. The third kappa shape index (κ3) is 62.2. The molecule has 0 saturated heterocycles. The molecule has 0 rings (SSSR count). The summed E-state index contributed by atoms with van der Waals surface area (Å²) in [5, 5.41) is 16.5. The fraction of sp³-hybridized carbons (Fsp3) is 0. The fourth-order valence-electron chi connectivity index (χ4n) is 0. The van der Waals surface area contributed by atoms with E-state index in [9.17, 15) is 0 Å². The van der Waals surface area contributed by atoms with E-state index in [0.717, 1.165) is 0 Å². The first-order chi connectivity index (χ1) is 2.83. The van der Waals surface area contributed by atoms with E-state index in [1.807, 2.05) is 0 Å². The van der Waals surface area contributed by atoms with Crippen molar-refractivity contribution in [2.24, 2.45) is 0 Å². The summed E-state index contributed by atoms with van der Waals surface area (Å²) >= 11 is 0. The smallest absolute Gasteiger partial charge is 0.554 e. The van der Waals surface area contributed by atoms with Gasteiger partial charge in [-0.25, -0.2) is 0 Å². The molecule has 0 aromatic heterocycles. The molecule has 0 aliphatic rings. The van der Waals surface area contributed by atoms with Crippen LogP contribution in [0.4, 0.5) is 0 Å². The van der Waals surface area contributed by atoms with Crippen LogP contribution in [0.1, 0.15) is 0 Å². The van der Waals surface area contributed by atoms with Crippen molar-refractivity contribution >= 4 is 23.1 Å². The van der Waals surface area contributed by atoms with Crippen molar-refractivity contribution in [2.45, 2.75) is 0 Å². The Morgan fingerprint density at radius 3 is 1.00 bits per heavy atom. The maximum atomic E-state index is 8.25. The van der Waals surface area contributed by atoms with Crippen LogP contribution >= 0.6 is 0 Å². The number of carbonyl (C=O) groups excluding carboxylic acids is 2. The van der Waals surface area contributed by atoms with Crippen molar-refractivity contribution in [2.75, 3.05) is 0 Å². The first-order valence-corrected chi connectivity index (χ1v) is 0.943. The molecule has 0 bridgehead atoms. The zero-order valence-corrected chi connectivity index (χ0v) is 3.49. The normalized spacial score (nSPS) is 3.43. The predicted octanol–water partition coefficient (Wildman–Crippen LogP) is -3.65. The Balaban J connectivity index is -0.0000000400. The third-order valence-corrected chi connectivity index (χ3v) is 0. The van der Waals surface area contributed by atoms with E-state index in [1.165, 1.54) is 0 Å². The molecule has 0 saturated carbocycles. The van der Waals surface area contributed by atoms with Gasteiger partial charge in [-0.2, -0.15) is 0 Å². The molecular formula is C2H2BeO4. The van der Waals surface area contributed by atoms with Crippen LogP contribution in [-0.2, 0) is 9.59 Å². The zero-order valence-electron chi connectivity index (χ0n) is 3.49. The molecule has 0 aromatic rings. The van der Waals surface area contributed by atoms with Crippen molar-refractivity contribution in [1.29, 1.82) is 0 Å². The molecule has 0 aromatic carbocycles. The quantitative estimate of drug-likeness (QED) is 0.231. The largest absolute Gasteiger partial charge is 2.00 e. The molecule has 36 valence electrons. The minimum Gasteiger partial charge on any atom is -0.554 e. The van der Waals surface area contributed by atoms with Gasteiger partial charge in [-0.3, -0.25) is 0 Å². The second kappa shape index (κ2) is 70.1. The standard InChI is InChI=1S/2CH2O2.Be/c2*2-1-3;/h2*1H,(H,2,3);/q;;+2/p-2. The van der Waals surface area contributed by atoms with Gasteiger partial charge in [0.1, 0.15) is 0 Å². The SMILES string of the molecule is O=C[O-].O=C[O-].[Be+2]. The summed E-state index contributed by atoms with van der Waals surface area (Å²) in [6, 6.07) is 0. The molecule has 0 radical (unpaired) electrons. The van der Waals surface area contributed by atoms with E-state index < -0.39 is 12.9 Å². The van der Waals surface area contributed by atoms with Crippen LogP contribution in [0.5, 0.6) is 0 Å². The van der Waals surface area contributed by atoms with Gasteiger partial charge in [0.25, 0.3) is 0 Å². The number of carboxylic acid groups (broad SMARTS) is 2. The fourth-order valence-corrected chi connectivity index (χ4v) is 0. The van der Waals surface area contributed by atoms with Crippen molar-refractivity contribution in [1.82, 2.24) is 0 Å². The average Bonchev–Trinajstić information content (AvgIpc) is 1.39. The molecule has 0 N–H and O–H groups in total. The van der Waals surface area contributed by atoms with Gasteiger partial charge in [0, 0.05) is 12.9 Å². The molecule has 0 aliphatic carbocycles. The Labute approximate surface area is 44.0 Å². The Hall–Kier alpha value is -0.891. The summed E-state index contributed by atoms with van der Waals surface area (Å²) in [5.41, 5.74) is 0. The Morgan fingerprint density at radius 2 is 1.00 bits per heavy atom. The summed E-state index contributed by atoms with van der Waals surface area (Å²) in [6.45, 7) is -1.00. The second-order valence-electron chi connectivity index (χ2n) is 0.192. The van der Waals surface area contributed by atoms with E-state index in [0.29, 0.717) is 0 Å². The number of rotatable bonds is 0. The maximum Gasteiger partial charge on any atom is 2.00 e. The van der Waals surface area contributed by atoms with Crippen LogP contribution in [0, 0.1) is 0 Å². The van der Waals surface area contributed by atoms with Gasteiger partial charge in [0.2, 0.25) is 0 Å². The Morgan fingerprint density at radius 1 is 1.00 bits per heavy atom. The van der Waals surface area contributed by atoms with Crippen LogP contribution < -0.4 is 10.2 Å². The molecule has 5 heteroatoms. The van der Waals surface area contributed by atoms with Gasteiger partial charge in [-0.15, -0.1) is 0 Å². The molecule has 0 aliphatic heterocycles. The van der Waals surface area contributed by atoms with Crippen molar-refractivity contribution in [3.63, 3.8) is 0 Å². The van der Waals surface area contributed by atoms with E-state index in [4.69, 9.17) is 19.8 Å². The zero-order chi connectivity index (χ0) is 5.41. The molecule has 0 spiro atoms. The average molecular weight is 99.0 g/mol. The molecule has 0 unspecified atom stereocenters. The van der Waals surface area contributed by atoms with E-state index in [-0.39, 0.29) is 10.1 Å². The van der Waals surface area contributed by atoms with E-state index >= 15 is 0 Å². The van der Waals surface area contributed by atoms with Crippen LogP contribution in [-0.4, -0.2) is 23.1 Å². The van der Waals surface area contributed by atoms with Crippen LogP contribution in [0.15, 0.2) is 0 Å². The van der Waals surface area contributed by atoms with Crippen LogP contribution in [0.25, 0.3) is 0 Å². The molecule has 7 heavy (non-hydrogen) atoms. The van der Waals surface area contributed by atoms with Gasteiger partial charge in [0.05, 0.1) is 0 Å². The minimum atomic E-state index is -0.500. The summed E-state index contributed by atoms with van der Waals surface area (Å²) in [5.74, 6) is 0. The van der Waals surface area contributed by atoms with Gasteiger partial charge in [-0.1, -0.05) is 0 Å². The van der Waals surface area contributed by atoms with Gasteiger partial charge < -0.3 is 19.8 Å². The number of carbonyl (C=O) groups is 2. The second-order valence-corrected chi connectivity index (χ2v) is 0.192. The van der Waals surface area contributed by atoms with Gasteiger partial charge >= 0.3 is 10.1 Å². The van der Waals surface area contributed by atoms with Crippen molar-refractivity contribution in [3.05, 3.63) is 0 Å². The van der Waals surface area contributed by atoms with Gasteiger partial charge in [0.15, 0.2) is 0 Å². The molecule has 0 fully saturated rings. The molecular weight excluding hydrogens is 97.0 g/mol. The molecule has 0 atom stereocenters. The van der Waals surface area contributed by atoms with Gasteiger partial charge in [-0.05, 0) is 0 Å². The molecule has 0 amide bonds. The van der Waals surface area contributed by atoms with E-state index in [2.05, 4.69) is 0 Å². The van der Waals surface area contributed by atoms with Crippen molar-refractivity contribution < 1.29 is 19.8 Å². The summed E-state index contributed by atoms with van der Waals surface area (Å²) < 4.78 is 0. The summed E-state index contributed by atoms with van der Waals surface area (Å²) in [7, 11) is 0. The third-order valence-electron chi connectivity index (χ3n) is 0. The minimum absolute atomic E-state index is 0. The monoisotopic (exact) mass is 99.0 g/mol. The first-order valence-electron chi connectivity index (χ1n) is 0.943. The summed E-state index contributed by atoms with van der Waals surface area (Å²) in [4.78, 5) is 16.5. The Bertz CT molecular complexity index is 30.7. The van der Waals surface area contributed by atoms with Crippen molar-refractivity contribution in [3.8, 4) is 0 Å². The molecule has 0 heterocycles. The van der Waals surface area contributed by atoms with Crippen LogP contribution in [0.3, 0.4) is 0 Å². The van der Waals surface area contributed by atoms with E-state index in [1.54, 1.807) is 0 Å². The van der Waals surface area contributed by atoms with Crippen LogP contribution in [0.2, 0.25) is 0 Å². The Kier molecular flexibility index (Phi) is 165. The summed E-state index contributed by atoms with van der Waals surface area (Å²) in [6.07, 6.45) is 0. The number of hydrogen-bond acceptors (Lipinski definition) is 4. The number of hydrogen-bond donors (Lipinski definition) is 0. The predicted molar refractivity (Wildman–Crippen MR) is 17.9 cm³/mol. The first kappa shape index (κ1) is 16.5.